The Morgan fingerprint density at radius 3 is 2.66 bits per heavy atom. The Bertz CT molecular complexity index is 1050. The van der Waals surface area contributed by atoms with Gasteiger partial charge in [0.05, 0.1) is 23.6 Å². The molecule has 0 radical (unpaired) electrons. The maximum atomic E-state index is 13.0. The number of carbonyl (C=O) groups excluding carboxylic acids is 1. The number of ether oxygens (including phenoxy) is 1. The molecule has 7 heteroatoms. The van der Waals surface area contributed by atoms with Gasteiger partial charge in [-0.15, -0.1) is 0 Å². The Kier molecular flexibility index (Phi) is 7.17. The van der Waals surface area contributed by atoms with Gasteiger partial charge in [0.1, 0.15) is 5.82 Å². The molecule has 1 heterocycles. The highest BCUT2D eigenvalue weighted by molar-refractivity contribution is 7.99. The summed E-state index contributed by atoms with van der Waals surface area (Å²) in [5.41, 5.74) is 1.07. The Morgan fingerprint density at radius 2 is 1.93 bits per heavy atom. The number of benzene rings is 2. The second-order valence-corrected chi connectivity index (χ2v) is 7.84. The van der Waals surface area contributed by atoms with E-state index in [0.717, 1.165) is 0 Å². The van der Waals surface area contributed by atoms with Crippen LogP contribution in [0.3, 0.4) is 0 Å². The number of para-hydroxylation sites is 1. The van der Waals surface area contributed by atoms with E-state index >= 15 is 0 Å². The lowest BCUT2D eigenvalue weighted by molar-refractivity contribution is 0.0982. The van der Waals surface area contributed by atoms with Gasteiger partial charge in [0.25, 0.3) is 5.56 Å². The van der Waals surface area contributed by atoms with Gasteiger partial charge in [-0.1, -0.05) is 23.9 Å². The van der Waals surface area contributed by atoms with E-state index in [4.69, 9.17) is 4.74 Å². The second-order valence-electron chi connectivity index (χ2n) is 6.77. The maximum absolute atomic E-state index is 13.0. The SMILES string of the molecule is COCC(C)n1c(SCCCC(=O)c2ccc(F)cc2)nc2ccccc2c1=O. The van der Waals surface area contributed by atoms with Crippen LogP contribution in [0.15, 0.2) is 58.5 Å². The van der Waals surface area contributed by atoms with Crippen LogP contribution in [0.1, 0.15) is 36.2 Å². The van der Waals surface area contributed by atoms with Crippen LogP contribution in [-0.4, -0.2) is 34.8 Å². The van der Waals surface area contributed by atoms with Crippen molar-refractivity contribution in [1.82, 2.24) is 9.55 Å². The zero-order valence-electron chi connectivity index (χ0n) is 16.4. The molecule has 0 aliphatic heterocycles. The molecule has 0 N–H and O–H groups in total. The van der Waals surface area contributed by atoms with Crippen molar-refractivity contribution < 1.29 is 13.9 Å². The van der Waals surface area contributed by atoms with E-state index in [1.807, 2.05) is 25.1 Å². The zero-order chi connectivity index (χ0) is 20.8. The molecule has 0 saturated heterocycles. The first-order valence-corrected chi connectivity index (χ1v) is 10.4. The lowest BCUT2D eigenvalue weighted by Gasteiger charge is -2.18. The van der Waals surface area contributed by atoms with Gasteiger partial charge in [-0.2, -0.15) is 0 Å². The van der Waals surface area contributed by atoms with Crippen LogP contribution >= 0.6 is 11.8 Å². The van der Waals surface area contributed by atoms with Crippen molar-refractivity contribution in [2.75, 3.05) is 19.5 Å². The number of hydrogen-bond acceptors (Lipinski definition) is 5. The normalized spacial score (nSPS) is 12.2. The summed E-state index contributed by atoms with van der Waals surface area (Å²) in [6, 6.07) is 12.7. The molecule has 2 aromatic carbocycles. The monoisotopic (exact) mass is 414 g/mol. The largest absolute Gasteiger partial charge is 0.383 e. The van der Waals surface area contributed by atoms with Crippen LogP contribution < -0.4 is 5.56 Å². The molecular formula is C22H23FN2O3S. The van der Waals surface area contributed by atoms with Crippen LogP contribution in [0.2, 0.25) is 0 Å². The average molecular weight is 415 g/mol. The predicted molar refractivity (Wildman–Crippen MR) is 113 cm³/mol. The highest BCUT2D eigenvalue weighted by Gasteiger charge is 2.16. The molecule has 0 fully saturated rings. The third-order valence-electron chi connectivity index (χ3n) is 4.57. The number of ketones is 1. The zero-order valence-corrected chi connectivity index (χ0v) is 17.2. The number of fused-ring (bicyclic) bond motifs is 1. The van der Waals surface area contributed by atoms with E-state index in [-0.39, 0.29) is 23.2 Å². The molecule has 3 rings (SSSR count). The van der Waals surface area contributed by atoms with Crippen molar-refractivity contribution in [2.24, 2.45) is 0 Å². The van der Waals surface area contributed by atoms with Crippen molar-refractivity contribution in [2.45, 2.75) is 31.0 Å². The molecule has 0 saturated carbocycles. The van der Waals surface area contributed by atoms with E-state index in [2.05, 4.69) is 4.98 Å². The number of rotatable bonds is 9. The van der Waals surface area contributed by atoms with Gasteiger partial charge < -0.3 is 4.74 Å². The number of thioether (sulfide) groups is 1. The smallest absolute Gasteiger partial charge is 0.262 e. The molecule has 152 valence electrons. The fourth-order valence-electron chi connectivity index (χ4n) is 3.11. The fraction of sp³-hybridized carbons (Fsp3) is 0.318. The van der Waals surface area contributed by atoms with Gasteiger partial charge in [-0.3, -0.25) is 14.2 Å². The number of carbonyl (C=O) groups is 1. The Hall–Kier alpha value is -2.51. The molecule has 0 spiro atoms. The van der Waals surface area contributed by atoms with Crippen LogP contribution in [0.4, 0.5) is 4.39 Å². The van der Waals surface area contributed by atoms with Crippen molar-refractivity contribution in [1.29, 1.82) is 0 Å². The van der Waals surface area contributed by atoms with E-state index < -0.39 is 0 Å². The van der Waals surface area contributed by atoms with Crippen molar-refractivity contribution in [3.8, 4) is 0 Å². The summed E-state index contributed by atoms with van der Waals surface area (Å²) in [5, 5.41) is 1.19. The Labute approximate surface area is 172 Å². The predicted octanol–water partition coefficient (Wildman–Crippen LogP) is 4.50. The summed E-state index contributed by atoms with van der Waals surface area (Å²) in [7, 11) is 1.60. The van der Waals surface area contributed by atoms with Gasteiger partial charge in [-0.05, 0) is 49.7 Å². The maximum Gasteiger partial charge on any atom is 0.262 e. The van der Waals surface area contributed by atoms with Crippen LogP contribution in [0, 0.1) is 5.82 Å². The summed E-state index contributed by atoms with van der Waals surface area (Å²) in [6.45, 7) is 2.32. The number of aromatic nitrogens is 2. The van der Waals surface area contributed by atoms with E-state index in [1.54, 1.807) is 17.7 Å². The quantitative estimate of drug-likeness (QED) is 0.223. The molecule has 0 bridgehead atoms. The highest BCUT2D eigenvalue weighted by Crippen LogP contribution is 2.22. The first kappa shape index (κ1) is 21.2. The molecule has 5 nitrogen and oxygen atoms in total. The third kappa shape index (κ3) is 5.10. The lowest BCUT2D eigenvalue weighted by Crippen LogP contribution is -2.28. The van der Waals surface area contributed by atoms with Gasteiger partial charge in [0.2, 0.25) is 0 Å². The lowest BCUT2D eigenvalue weighted by atomic mass is 10.1. The molecular weight excluding hydrogens is 391 g/mol. The molecule has 1 unspecified atom stereocenters. The number of halogens is 1. The first-order valence-electron chi connectivity index (χ1n) is 9.43. The molecule has 0 amide bonds. The van der Waals surface area contributed by atoms with Crippen LogP contribution in [0.5, 0.6) is 0 Å². The average Bonchev–Trinajstić information content (AvgIpc) is 2.72. The summed E-state index contributed by atoms with van der Waals surface area (Å²) < 4.78 is 19.9. The van der Waals surface area contributed by atoms with E-state index in [0.29, 0.717) is 46.8 Å². The van der Waals surface area contributed by atoms with Crippen molar-refractivity contribution in [3.05, 3.63) is 70.3 Å². The molecule has 3 aromatic rings. The minimum absolute atomic E-state index is 0.0257. The third-order valence-corrected chi connectivity index (χ3v) is 5.61. The first-order chi connectivity index (χ1) is 14.0. The van der Waals surface area contributed by atoms with Gasteiger partial charge in [0, 0.05) is 24.8 Å². The topological polar surface area (TPSA) is 61.2 Å². The number of methoxy groups -OCH3 is 1. The summed E-state index contributed by atoms with van der Waals surface area (Å²) in [5.74, 6) is 0.252. The summed E-state index contributed by atoms with van der Waals surface area (Å²) in [6.07, 6.45) is 0.978. The summed E-state index contributed by atoms with van der Waals surface area (Å²) in [4.78, 5) is 29.9. The van der Waals surface area contributed by atoms with Crippen LogP contribution in [-0.2, 0) is 4.74 Å². The minimum atomic E-state index is -0.359. The van der Waals surface area contributed by atoms with E-state index in [1.165, 1.54) is 36.0 Å². The standard InChI is InChI=1S/C22H23FN2O3S/c1-15(14-28-2)25-21(27)18-6-3-4-7-19(18)24-22(25)29-13-5-8-20(26)16-9-11-17(23)12-10-16/h3-4,6-7,9-12,15H,5,8,13-14H2,1-2H3. The molecule has 29 heavy (non-hydrogen) atoms. The minimum Gasteiger partial charge on any atom is -0.383 e. The van der Waals surface area contributed by atoms with Gasteiger partial charge in [0.15, 0.2) is 10.9 Å². The number of hydrogen-bond donors (Lipinski definition) is 0. The van der Waals surface area contributed by atoms with Crippen LogP contribution in [0.25, 0.3) is 10.9 Å². The van der Waals surface area contributed by atoms with Gasteiger partial charge >= 0.3 is 0 Å². The van der Waals surface area contributed by atoms with Crippen molar-refractivity contribution in [3.63, 3.8) is 0 Å². The van der Waals surface area contributed by atoms with Crippen molar-refractivity contribution >= 4 is 28.4 Å². The summed E-state index contributed by atoms with van der Waals surface area (Å²) >= 11 is 1.45. The number of nitrogens with zero attached hydrogens (tertiary/aromatic N) is 2. The molecule has 0 aliphatic carbocycles. The van der Waals surface area contributed by atoms with E-state index in [9.17, 15) is 14.0 Å². The Morgan fingerprint density at radius 1 is 1.21 bits per heavy atom. The van der Waals surface area contributed by atoms with Gasteiger partial charge in [-0.25, -0.2) is 9.37 Å². The highest BCUT2D eigenvalue weighted by atomic mass is 32.2. The fourth-order valence-corrected chi connectivity index (χ4v) is 4.14. The Balaban J connectivity index is 1.73. The number of Topliss-reactive ketones (excluding diaryl/α,β-unsaturated/α-hetero) is 1. The molecule has 0 aliphatic rings. The second kappa shape index (κ2) is 9.80. The molecule has 1 aromatic heterocycles. The molecule has 1 atom stereocenters.